The maximum absolute atomic E-state index is 5.91. The second-order valence-corrected chi connectivity index (χ2v) is 5.19. The Kier molecular flexibility index (Phi) is 2.78. The fourth-order valence-electron chi connectivity index (χ4n) is 0.862. The van der Waals surface area contributed by atoms with Crippen LogP contribution in [0, 0.1) is 0 Å². The average molecular weight is 205 g/mol. The van der Waals surface area contributed by atoms with Gasteiger partial charge in [0.15, 0.2) is 0 Å². The van der Waals surface area contributed by atoms with E-state index < -0.39 is 5.54 Å². The molecule has 0 saturated carbocycles. The van der Waals surface area contributed by atoms with E-state index in [1.807, 2.05) is 26.0 Å². The summed E-state index contributed by atoms with van der Waals surface area (Å²) in [7, 11) is 0. The monoisotopic (exact) mass is 204 g/mol. The third-order valence-electron chi connectivity index (χ3n) is 1.70. The van der Waals surface area contributed by atoms with Crippen LogP contribution in [0.4, 0.5) is 0 Å². The Morgan fingerprint density at radius 3 is 2.42 bits per heavy atom. The molecule has 0 saturated heterocycles. The first-order chi connectivity index (χ1) is 5.41. The van der Waals surface area contributed by atoms with E-state index in [4.69, 9.17) is 23.1 Å². The van der Waals surface area contributed by atoms with Gasteiger partial charge in [-0.3, -0.25) is 0 Å². The van der Waals surface area contributed by atoms with Crippen molar-refractivity contribution < 1.29 is 0 Å². The molecule has 1 heterocycles. The molecule has 0 aliphatic carbocycles. The molecule has 0 bridgehead atoms. The lowest BCUT2D eigenvalue weighted by Gasteiger charge is -2.25. The van der Waals surface area contributed by atoms with E-state index in [9.17, 15) is 0 Å². The van der Waals surface area contributed by atoms with Crippen LogP contribution in [0.15, 0.2) is 12.1 Å². The summed E-state index contributed by atoms with van der Waals surface area (Å²) in [6, 6.07) is 3.62. The van der Waals surface area contributed by atoms with Crippen molar-refractivity contribution in [3.63, 3.8) is 0 Å². The van der Waals surface area contributed by atoms with Crippen LogP contribution in [-0.4, -0.2) is 5.54 Å². The Morgan fingerprint density at radius 2 is 2.08 bits per heavy atom. The average Bonchev–Trinajstić information content (AvgIpc) is 2.32. The minimum atomic E-state index is -0.395. The minimum absolute atomic E-state index is 0.144. The first-order valence-electron chi connectivity index (χ1n) is 3.71. The lowest BCUT2D eigenvalue weighted by Crippen LogP contribution is -2.43. The number of nitrogens with two attached hydrogens (primary N) is 2. The summed E-state index contributed by atoms with van der Waals surface area (Å²) in [6.07, 6.45) is 0. The Balaban J connectivity index is 2.85. The number of thiophene rings is 1. The maximum atomic E-state index is 5.91. The van der Waals surface area contributed by atoms with Gasteiger partial charge in [0, 0.05) is 10.4 Å². The Bertz CT molecular complexity index is 264. The Morgan fingerprint density at radius 1 is 1.50 bits per heavy atom. The quantitative estimate of drug-likeness (QED) is 0.776. The molecule has 1 aromatic heterocycles. The fourth-order valence-corrected chi connectivity index (χ4v) is 2.12. The molecule has 4 N–H and O–H groups in total. The van der Waals surface area contributed by atoms with Gasteiger partial charge < -0.3 is 11.5 Å². The van der Waals surface area contributed by atoms with Gasteiger partial charge in [-0.15, -0.1) is 11.3 Å². The molecule has 0 radical (unpaired) electrons. The molecule has 1 unspecified atom stereocenters. The van der Waals surface area contributed by atoms with Gasteiger partial charge in [-0.05, 0) is 26.0 Å². The van der Waals surface area contributed by atoms with Gasteiger partial charge >= 0.3 is 0 Å². The van der Waals surface area contributed by atoms with Gasteiger partial charge in [0.2, 0.25) is 0 Å². The van der Waals surface area contributed by atoms with Crippen molar-refractivity contribution >= 4 is 22.9 Å². The standard InChI is InChI=1S/C8H13ClN2S/c1-8(2,11)7(10)5-3-4-6(9)12-5/h3-4,7H,10-11H2,1-2H3. The van der Waals surface area contributed by atoms with Gasteiger partial charge in [-0.25, -0.2) is 0 Å². The summed E-state index contributed by atoms with van der Waals surface area (Å²) >= 11 is 7.26. The van der Waals surface area contributed by atoms with E-state index in [2.05, 4.69) is 0 Å². The summed E-state index contributed by atoms with van der Waals surface area (Å²) in [6.45, 7) is 3.82. The van der Waals surface area contributed by atoms with Crippen LogP contribution in [0.1, 0.15) is 24.8 Å². The maximum Gasteiger partial charge on any atom is 0.0931 e. The first kappa shape index (κ1) is 9.99. The molecular weight excluding hydrogens is 192 g/mol. The number of hydrogen-bond donors (Lipinski definition) is 2. The highest BCUT2D eigenvalue weighted by atomic mass is 35.5. The lowest BCUT2D eigenvalue weighted by molar-refractivity contribution is 0.425. The van der Waals surface area contributed by atoms with Crippen molar-refractivity contribution in [1.29, 1.82) is 0 Å². The third kappa shape index (κ3) is 2.20. The van der Waals surface area contributed by atoms with Crippen molar-refractivity contribution in [3.05, 3.63) is 21.3 Å². The second kappa shape index (κ2) is 3.34. The normalized spacial score (nSPS) is 14.8. The van der Waals surface area contributed by atoms with Crippen LogP contribution in [0.2, 0.25) is 4.34 Å². The molecule has 0 fully saturated rings. The lowest BCUT2D eigenvalue weighted by atomic mass is 9.96. The molecule has 1 atom stereocenters. The molecule has 68 valence electrons. The first-order valence-corrected chi connectivity index (χ1v) is 4.90. The predicted octanol–water partition coefficient (Wildman–Crippen LogP) is 2.14. The van der Waals surface area contributed by atoms with Crippen molar-refractivity contribution in [1.82, 2.24) is 0 Å². The summed E-state index contributed by atoms with van der Waals surface area (Å²) in [5.41, 5.74) is 11.4. The van der Waals surface area contributed by atoms with Crippen LogP contribution in [-0.2, 0) is 0 Å². The van der Waals surface area contributed by atoms with Crippen molar-refractivity contribution in [2.24, 2.45) is 11.5 Å². The largest absolute Gasteiger partial charge is 0.324 e. The molecule has 2 nitrogen and oxygen atoms in total. The topological polar surface area (TPSA) is 52.0 Å². The van der Waals surface area contributed by atoms with Crippen LogP contribution in [0.5, 0.6) is 0 Å². The summed E-state index contributed by atoms with van der Waals surface area (Å²) in [5.74, 6) is 0. The van der Waals surface area contributed by atoms with Crippen LogP contribution >= 0.6 is 22.9 Å². The van der Waals surface area contributed by atoms with Gasteiger partial charge in [-0.1, -0.05) is 11.6 Å². The molecule has 4 heteroatoms. The number of rotatable bonds is 2. The molecule has 12 heavy (non-hydrogen) atoms. The van der Waals surface area contributed by atoms with E-state index in [1.165, 1.54) is 11.3 Å². The van der Waals surface area contributed by atoms with Gasteiger partial charge in [0.25, 0.3) is 0 Å². The zero-order chi connectivity index (χ0) is 9.35. The molecule has 0 amide bonds. The summed E-state index contributed by atoms with van der Waals surface area (Å²) in [4.78, 5) is 1.03. The van der Waals surface area contributed by atoms with E-state index in [0.717, 1.165) is 9.21 Å². The van der Waals surface area contributed by atoms with Gasteiger partial charge in [0.05, 0.1) is 10.4 Å². The van der Waals surface area contributed by atoms with Crippen LogP contribution in [0.25, 0.3) is 0 Å². The fraction of sp³-hybridized carbons (Fsp3) is 0.500. The smallest absolute Gasteiger partial charge is 0.0931 e. The summed E-state index contributed by atoms with van der Waals surface area (Å²) in [5, 5.41) is 0. The molecule has 0 aliphatic rings. The zero-order valence-electron chi connectivity index (χ0n) is 7.17. The zero-order valence-corrected chi connectivity index (χ0v) is 8.75. The molecular formula is C8H13ClN2S. The molecule has 0 aliphatic heterocycles. The van der Waals surface area contributed by atoms with Gasteiger partial charge in [-0.2, -0.15) is 0 Å². The Labute approximate surface area is 81.5 Å². The van der Waals surface area contributed by atoms with E-state index in [-0.39, 0.29) is 6.04 Å². The third-order valence-corrected chi connectivity index (χ3v) is 3.02. The highest BCUT2D eigenvalue weighted by Crippen LogP contribution is 2.29. The van der Waals surface area contributed by atoms with Crippen molar-refractivity contribution in [2.45, 2.75) is 25.4 Å². The number of hydrogen-bond acceptors (Lipinski definition) is 3. The van der Waals surface area contributed by atoms with Crippen LogP contribution in [0.3, 0.4) is 0 Å². The predicted molar refractivity (Wildman–Crippen MR) is 54.5 cm³/mol. The van der Waals surface area contributed by atoms with E-state index in [1.54, 1.807) is 0 Å². The SMILES string of the molecule is CC(C)(N)C(N)c1ccc(Cl)s1. The van der Waals surface area contributed by atoms with Gasteiger partial charge in [0.1, 0.15) is 0 Å². The highest BCUT2D eigenvalue weighted by Gasteiger charge is 2.23. The van der Waals surface area contributed by atoms with E-state index >= 15 is 0 Å². The number of halogens is 1. The molecule has 0 aromatic carbocycles. The minimum Gasteiger partial charge on any atom is -0.324 e. The van der Waals surface area contributed by atoms with Crippen molar-refractivity contribution in [3.8, 4) is 0 Å². The Hall–Kier alpha value is -0.0900. The van der Waals surface area contributed by atoms with Crippen molar-refractivity contribution in [2.75, 3.05) is 0 Å². The molecule has 1 rings (SSSR count). The van der Waals surface area contributed by atoms with Crippen LogP contribution < -0.4 is 11.5 Å². The highest BCUT2D eigenvalue weighted by molar-refractivity contribution is 7.16. The second-order valence-electron chi connectivity index (χ2n) is 3.44. The molecule has 1 aromatic rings. The summed E-state index contributed by atoms with van der Waals surface area (Å²) < 4.78 is 0.754. The molecule has 0 spiro atoms. The van der Waals surface area contributed by atoms with E-state index in [0.29, 0.717) is 0 Å².